The molecule has 0 aromatic heterocycles. The van der Waals surface area contributed by atoms with Crippen LogP contribution in [0, 0.1) is 5.92 Å². The van der Waals surface area contributed by atoms with Gasteiger partial charge in [-0.15, -0.1) is 0 Å². The van der Waals surface area contributed by atoms with E-state index < -0.39 is 0 Å². The van der Waals surface area contributed by atoms with Gasteiger partial charge in [-0.2, -0.15) is 0 Å². The monoisotopic (exact) mass is 344 g/mol. The van der Waals surface area contributed by atoms with Gasteiger partial charge in [-0.05, 0) is 12.8 Å². The van der Waals surface area contributed by atoms with Gasteiger partial charge in [-0.1, -0.05) is 34.6 Å². The molecule has 1 unspecified atom stereocenters. The van der Waals surface area contributed by atoms with Crippen molar-refractivity contribution in [3.05, 3.63) is 0 Å². The van der Waals surface area contributed by atoms with Crippen LogP contribution in [-0.2, 0) is 19.1 Å². The molecular weight excluding hydrogens is 308 g/mol. The van der Waals surface area contributed by atoms with Gasteiger partial charge in [0.05, 0.1) is 13.2 Å². The Kier molecular flexibility index (Phi) is 15.6. The first-order chi connectivity index (χ1) is 11.5. The van der Waals surface area contributed by atoms with Gasteiger partial charge < -0.3 is 9.64 Å². The Bertz CT molecular complexity index is 366. The van der Waals surface area contributed by atoms with E-state index >= 15 is 0 Å². The zero-order valence-electron chi connectivity index (χ0n) is 16.6. The van der Waals surface area contributed by atoms with Gasteiger partial charge in [0, 0.05) is 39.4 Å². The number of carbonyl (C=O) groups excluding carboxylic acids is 3. The molecule has 0 saturated carbocycles. The van der Waals surface area contributed by atoms with Crippen molar-refractivity contribution in [3.63, 3.8) is 0 Å². The lowest BCUT2D eigenvalue weighted by Gasteiger charge is -2.26. The first-order valence-corrected chi connectivity index (χ1v) is 9.11. The van der Waals surface area contributed by atoms with Crippen molar-refractivity contribution >= 4 is 17.7 Å². The Morgan fingerprint density at radius 1 is 1.12 bits per heavy atom. The third-order valence-electron chi connectivity index (χ3n) is 3.71. The quantitative estimate of drug-likeness (QED) is 0.686. The summed E-state index contributed by atoms with van der Waals surface area (Å²) in [4.78, 5) is 36.0. The zero-order chi connectivity index (χ0) is 19.1. The molecule has 0 aliphatic carbocycles. The zero-order valence-corrected chi connectivity index (χ0v) is 16.6. The molecule has 2 aliphatic heterocycles. The summed E-state index contributed by atoms with van der Waals surface area (Å²) in [5.41, 5.74) is 0. The molecule has 2 saturated heterocycles. The molecule has 2 heterocycles. The smallest absolute Gasteiger partial charge is 0.232 e. The van der Waals surface area contributed by atoms with Crippen molar-refractivity contribution in [2.45, 2.75) is 60.8 Å². The summed E-state index contributed by atoms with van der Waals surface area (Å²) in [6.07, 6.45) is 2.11. The summed E-state index contributed by atoms with van der Waals surface area (Å²) in [7, 11) is 1.56. The minimum absolute atomic E-state index is 0.0104. The molecule has 0 aromatic rings. The average Bonchev–Trinajstić information content (AvgIpc) is 2.64. The van der Waals surface area contributed by atoms with Crippen molar-refractivity contribution in [1.82, 2.24) is 9.80 Å². The third kappa shape index (κ3) is 9.01. The van der Waals surface area contributed by atoms with Crippen LogP contribution in [-0.4, -0.2) is 60.9 Å². The van der Waals surface area contributed by atoms with Crippen LogP contribution in [0.25, 0.3) is 0 Å². The molecule has 0 spiro atoms. The number of imide groups is 1. The number of nitrogens with zero attached hydrogens (tertiary/aromatic N) is 2. The van der Waals surface area contributed by atoms with Crippen LogP contribution in [0.3, 0.4) is 0 Å². The Hall–Kier alpha value is -1.43. The van der Waals surface area contributed by atoms with E-state index in [1.165, 1.54) is 4.90 Å². The minimum Gasteiger partial charge on any atom is -0.378 e. The Balaban J connectivity index is 0. The van der Waals surface area contributed by atoms with E-state index in [2.05, 4.69) is 0 Å². The molecular formula is C18H36N2O4. The Morgan fingerprint density at radius 2 is 1.62 bits per heavy atom. The molecule has 0 aromatic carbocycles. The van der Waals surface area contributed by atoms with Crippen LogP contribution in [0.2, 0.25) is 0 Å². The maximum atomic E-state index is 11.3. The highest BCUT2D eigenvalue weighted by molar-refractivity contribution is 5.98. The fourth-order valence-corrected chi connectivity index (χ4v) is 2.24. The number of hydrogen-bond acceptors (Lipinski definition) is 4. The molecule has 6 heteroatoms. The summed E-state index contributed by atoms with van der Waals surface area (Å²) < 4.78 is 5.06. The SMILES string of the molecule is CC.CC.CC(=O)N1CCOCC1.CCC1CCC(=O)N(C)C1=O. The second-order valence-electron chi connectivity index (χ2n) is 5.05. The lowest BCUT2D eigenvalue weighted by atomic mass is 9.95. The van der Waals surface area contributed by atoms with Crippen LogP contribution >= 0.6 is 0 Å². The molecule has 0 bridgehead atoms. The van der Waals surface area contributed by atoms with Gasteiger partial charge in [0.1, 0.15) is 0 Å². The lowest BCUT2D eigenvalue weighted by molar-refractivity contribution is -0.149. The summed E-state index contributed by atoms with van der Waals surface area (Å²) in [6.45, 7) is 14.5. The molecule has 3 amide bonds. The highest BCUT2D eigenvalue weighted by Crippen LogP contribution is 2.19. The van der Waals surface area contributed by atoms with Crippen molar-refractivity contribution in [2.24, 2.45) is 5.92 Å². The molecule has 6 nitrogen and oxygen atoms in total. The Labute approximate surface area is 147 Å². The maximum Gasteiger partial charge on any atom is 0.232 e. The van der Waals surface area contributed by atoms with Crippen molar-refractivity contribution < 1.29 is 19.1 Å². The summed E-state index contributed by atoms with van der Waals surface area (Å²) >= 11 is 0. The second-order valence-corrected chi connectivity index (χ2v) is 5.05. The van der Waals surface area contributed by atoms with Crippen molar-refractivity contribution in [1.29, 1.82) is 0 Å². The van der Waals surface area contributed by atoms with Crippen LogP contribution in [0.5, 0.6) is 0 Å². The predicted molar refractivity (Wildman–Crippen MR) is 96.6 cm³/mol. The van der Waals surface area contributed by atoms with Crippen LogP contribution in [0.1, 0.15) is 60.8 Å². The summed E-state index contributed by atoms with van der Waals surface area (Å²) in [6, 6.07) is 0. The molecule has 1 atom stereocenters. The maximum absolute atomic E-state index is 11.3. The first-order valence-electron chi connectivity index (χ1n) is 9.11. The normalized spacial score (nSPS) is 19.9. The molecule has 0 N–H and O–H groups in total. The lowest BCUT2D eigenvalue weighted by Crippen LogP contribution is -2.42. The van der Waals surface area contributed by atoms with Gasteiger partial charge in [0.15, 0.2) is 0 Å². The highest BCUT2D eigenvalue weighted by Gasteiger charge is 2.29. The predicted octanol–water partition coefficient (Wildman–Crippen LogP) is 2.71. The number of rotatable bonds is 1. The number of hydrogen-bond donors (Lipinski definition) is 0. The molecule has 2 rings (SSSR count). The van der Waals surface area contributed by atoms with E-state index in [4.69, 9.17) is 4.74 Å². The molecule has 142 valence electrons. The number of amides is 3. The largest absolute Gasteiger partial charge is 0.378 e. The van der Waals surface area contributed by atoms with E-state index in [0.29, 0.717) is 19.6 Å². The van der Waals surface area contributed by atoms with E-state index in [0.717, 1.165) is 25.9 Å². The minimum atomic E-state index is -0.0419. The molecule has 24 heavy (non-hydrogen) atoms. The van der Waals surface area contributed by atoms with E-state index in [9.17, 15) is 14.4 Å². The number of morpholine rings is 1. The topological polar surface area (TPSA) is 66.9 Å². The third-order valence-corrected chi connectivity index (χ3v) is 3.71. The number of likely N-dealkylation sites (tertiary alicyclic amines) is 1. The fraction of sp³-hybridized carbons (Fsp3) is 0.833. The summed E-state index contributed by atoms with van der Waals surface area (Å²) in [5.74, 6) is 0.180. The van der Waals surface area contributed by atoms with Gasteiger partial charge in [0.25, 0.3) is 0 Å². The highest BCUT2D eigenvalue weighted by atomic mass is 16.5. The van der Waals surface area contributed by atoms with Gasteiger partial charge in [0.2, 0.25) is 17.7 Å². The van der Waals surface area contributed by atoms with Crippen molar-refractivity contribution in [2.75, 3.05) is 33.4 Å². The van der Waals surface area contributed by atoms with Gasteiger partial charge in [-0.3, -0.25) is 19.3 Å². The molecule has 2 aliphatic rings. The van der Waals surface area contributed by atoms with Crippen molar-refractivity contribution in [3.8, 4) is 0 Å². The first kappa shape index (κ1) is 24.8. The standard InChI is InChI=1S/C8H13NO2.C6H11NO2.2C2H6/c1-3-6-4-5-7(10)9(2)8(6)11;1-6(8)7-2-4-9-5-3-7;2*1-2/h6H,3-5H2,1-2H3;2-5H2,1H3;2*1-2H3. The van der Waals surface area contributed by atoms with E-state index in [-0.39, 0.29) is 23.6 Å². The van der Waals surface area contributed by atoms with Gasteiger partial charge in [-0.25, -0.2) is 0 Å². The number of piperidine rings is 1. The van der Waals surface area contributed by atoms with E-state index in [1.54, 1.807) is 18.9 Å². The molecule has 0 radical (unpaired) electrons. The van der Waals surface area contributed by atoms with Crippen LogP contribution in [0.15, 0.2) is 0 Å². The van der Waals surface area contributed by atoms with Crippen LogP contribution in [0.4, 0.5) is 0 Å². The summed E-state index contributed by atoms with van der Waals surface area (Å²) in [5, 5.41) is 0. The van der Waals surface area contributed by atoms with E-state index in [1.807, 2.05) is 34.6 Å². The number of ether oxygens (including phenoxy) is 1. The number of carbonyl (C=O) groups is 3. The van der Waals surface area contributed by atoms with Crippen LogP contribution < -0.4 is 0 Å². The average molecular weight is 344 g/mol. The second kappa shape index (κ2) is 15.1. The molecule has 2 fully saturated rings. The Morgan fingerprint density at radius 3 is 2.00 bits per heavy atom. The van der Waals surface area contributed by atoms with Gasteiger partial charge >= 0.3 is 0 Å². The fourth-order valence-electron chi connectivity index (χ4n) is 2.24.